The summed E-state index contributed by atoms with van der Waals surface area (Å²) in [5.74, 6) is -25.3. The Morgan fingerprint density at radius 3 is 1.48 bits per heavy atom. The van der Waals surface area contributed by atoms with Gasteiger partial charge in [0.1, 0.15) is 0 Å². The van der Waals surface area contributed by atoms with Crippen LogP contribution in [0.25, 0.3) is 0 Å². The third-order valence-electron chi connectivity index (χ3n) is 1.79. The highest BCUT2D eigenvalue weighted by Gasteiger charge is 2.85. The van der Waals surface area contributed by atoms with Crippen LogP contribution in [0.4, 0.5) is 48.3 Å². The summed E-state index contributed by atoms with van der Waals surface area (Å²) >= 11 is 0. The summed E-state index contributed by atoms with van der Waals surface area (Å²) in [5.41, 5.74) is 0. The maximum Gasteiger partial charge on any atom is 0.472 e. The molecule has 0 aliphatic rings. The van der Waals surface area contributed by atoms with Gasteiger partial charge in [0.05, 0.1) is 0 Å². The summed E-state index contributed by atoms with van der Waals surface area (Å²) < 4.78 is 137. The summed E-state index contributed by atoms with van der Waals surface area (Å²) in [5, 5.41) is 7.62. The van der Waals surface area contributed by atoms with Crippen LogP contribution in [-0.2, 0) is 9.53 Å². The molecule has 0 spiro atoms. The van der Waals surface area contributed by atoms with Crippen LogP contribution in [0.2, 0.25) is 0 Å². The van der Waals surface area contributed by atoms with Gasteiger partial charge in [0, 0.05) is 0 Å². The number of carbonyl (C=O) groups is 1. The first-order chi connectivity index (χ1) is 9.02. The number of hydrogen-bond acceptors (Lipinski definition) is 2. The van der Waals surface area contributed by atoms with Crippen LogP contribution in [0.15, 0.2) is 12.1 Å². The molecule has 0 aromatic carbocycles. The van der Waals surface area contributed by atoms with Crippen molar-refractivity contribution in [2.24, 2.45) is 0 Å². The minimum absolute atomic E-state index is 1.90. The van der Waals surface area contributed by atoms with E-state index in [0.29, 0.717) is 0 Å². The zero-order chi connectivity index (χ0) is 17.4. The first kappa shape index (κ1) is 19.2. The molecule has 0 saturated carbocycles. The smallest absolute Gasteiger partial charge is 0.472 e. The van der Waals surface area contributed by atoms with Gasteiger partial charge in [-0.15, -0.1) is 0 Å². The Labute approximate surface area is 106 Å². The Balaban J connectivity index is 5.85. The van der Waals surface area contributed by atoms with E-state index in [-0.39, 0.29) is 0 Å². The number of halogens is 11. The van der Waals surface area contributed by atoms with Crippen molar-refractivity contribution >= 4 is 5.97 Å². The van der Waals surface area contributed by atoms with Gasteiger partial charge in [0.15, 0.2) is 0 Å². The predicted octanol–water partition coefficient (Wildman–Crippen LogP) is 3.62. The van der Waals surface area contributed by atoms with Crippen molar-refractivity contribution in [1.82, 2.24) is 0 Å². The van der Waals surface area contributed by atoms with Crippen LogP contribution in [0.5, 0.6) is 0 Å². The standard InChI is InChI=1S/C7HF11O3/c8-1(9)2(10)21-7(17,18)6(15,16)5(13,14)4(11,12)3(19)20/h(H,19,20). The Morgan fingerprint density at radius 1 is 0.810 bits per heavy atom. The molecule has 0 bridgehead atoms. The van der Waals surface area contributed by atoms with Crippen LogP contribution in [-0.4, -0.2) is 35.0 Å². The monoisotopic (exact) mass is 342 g/mol. The molecular weight excluding hydrogens is 341 g/mol. The number of aliphatic carboxylic acids is 1. The third-order valence-corrected chi connectivity index (χ3v) is 1.79. The number of alkyl halides is 8. The van der Waals surface area contributed by atoms with Crippen LogP contribution < -0.4 is 0 Å². The van der Waals surface area contributed by atoms with Gasteiger partial charge in [-0.1, -0.05) is 0 Å². The average Bonchev–Trinajstić information content (AvgIpc) is 2.26. The summed E-state index contributed by atoms with van der Waals surface area (Å²) in [6, 6.07) is -3.74. The van der Waals surface area contributed by atoms with Crippen molar-refractivity contribution in [3.63, 3.8) is 0 Å². The fourth-order valence-electron chi connectivity index (χ4n) is 0.729. The molecule has 124 valence electrons. The molecule has 0 saturated heterocycles. The lowest BCUT2D eigenvalue weighted by Crippen LogP contribution is -2.65. The third kappa shape index (κ3) is 2.97. The summed E-state index contributed by atoms with van der Waals surface area (Å²) in [6.45, 7) is 0. The molecular formula is C7HF11O3. The van der Waals surface area contributed by atoms with Gasteiger partial charge in [-0.2, -0.15) is 48.3 Å². The van der Waals surface area contributed by atoms with Crippen molar-refractivity contribution < 1.29 is 62.9 Å². The summed E-state index contributed by atoms with van der Waals surface area (Å²) in [7, 11) is 0. The number of carboxylic acids is 1. The van der Waals surface area contributed by atoms with E-state index in [0.717, 1.165) is 0 Å². The molecule has 0 unspecified atom stereocenters. The fraction of sp³-hybridized carbons (Fsp3) is 0.571. The molecule has 0 amide bonds. The number of ether oxygens (including phenoxy) is 1. The van der Waals surface area contributed by atoms with Crippen molar-refractivity contribution in [2.75, 3.05) is 0 Å². The Bertz CT molecular complexity index is 451. The number of hydrogen-bond donors (Lipinski definition) is 1. The molecule has 0 heterocycles. The van der Waals surface area contributed by atoms with Gasteiger partial charge in [-0.05, 0) is 0 Å². The van der Waals surface area contributed by atoms with Crippen LogP contribution in [0.1, 0.15) is 0 Å². The van der Waals surface area contributed by atoms with Gasteiger partial charge in [0.2, 0.25) is 0 Å². The SMILES string of the molecule is O=C(O)C(F)(F)C(F)(F)C(F)(F)C(F)(F)OC(F)=C(F)F. The van der Waals surface area contributed by atoms with Gasteiger partial charge >= 0.3 is 41.9 Å². The molecule has 0 atom stereocenters. The van der Waals surface area contributed by atoms with E-state index >= 15 is 0 Å². The number of rotatable bonds is 6. The van der Waals surface area contributed by atoms with E-state index in [1.807, 2.05) is 4.74 Å². The molecule has 14 heteroatoms. The first-order valence-electron chi connectivity index (χ1n) is 4.16. The largest absolute Gasteiger partial charge is 0.477 e. The van der Waals surface area contributed by atoms with Crippen molar-refractivity contribution in [1.29, 1.82) is 0 Å². The molecule has 0 aromatic rings. The Hall–Kier alpha value is -1.76. The Kier molecular flexibility index (Phi) is 4.78. The quantitative estimate of drug-likeness (QED) is 0.592. The summed E-state index contributed by atoms with van der Waals surface area (Å²) in [4.78, 5) is 9.72. The lowest BCUT2D eigenvalue weighted by Gasteiger charge is -2.33. The molecule has 21 heavy (non-hydrogen) atoms. The van der Waals surface area contributed by atoms with E-state index < -0.39 is 41.9 Å². The highest BCUT2D eigenvalue weighted by Crippen LogP contribution is 2.53. The van der Waals surface area contributed by atoms with Crippen molar-refractivity contribution in [3.8, 4) is 0 Å². The van der Waals surface area contributed by atoms with Crippen LogP contribution in [0.3, 0.4) is 0 Å². The van der Waals surface area contributed by atoms with E-state index in [1.165, 1.54) is 0 Å². The lowest BCUT2D eigenvalue weighted by atomic mass is 10.0. The molecule has 3 nitrogen and oxygen atoms in total. The van der Waals surface area contributed by atoms with E-state index in [1.54, 1.807) is 0 Å². The maximum absolute atomic E-state index is 12.7. The molecule has 0 rings (SSSR count). The van der Waals surface area contributed by atoms with E-state index in [4.69, 9.17) is 5.11 Å². The second-order valence-corrected chi connectivity index (χ2v) is 3.18. The van der Waals surface area contributed by atoms with Gasteiger partial charge < -0.3 is 9.84 Å². The Morgan fingerprint density at radius 2 is 1.19 bits per heavy atom. The fourth-order valence-corrected chi connectivity index (χ4v) is 0.729. The highest BCUT2D eigenvalue weighted by atomic mass is 19.4. The van der Waals surface area contributed by atoms with E-state index in [2.05, 4.69) is 0 Å². The zero-order valence-corrected chi connectivity index (χ0v) is 8.92. The molecule has 0 radical (unpaired) electrons. The second kappa shape index (κ2) is 5.22. The lowest BCUT2D eigenvalue weighted by molar-refractivity contribution is -0.418. The second-order valence-electron chi connectivity index (χ2n) is 3.18. The molecule has 0 aliphatic heterocycles. The number of carboxylic acid groups (broad SMARTS) is 1. The van der Waals surface area contributed by atoms with Gasteiger partial charge in [-0.25, -0.2) is 4.79 Å². The maximum atomic E-state index is 12.7. The molecule has 1 N–H and O–H groups in total. The van der Waals surface area contributed by atoms with Crippen molar-refractivity contribution in [3.05, 3.63) is 12.1 Å². The van der Waals surface area contributed by atoms with Gasteiger partial charge in [-0.3, -0.25) is 0 Å². The minimum Gasteiger partial charge on any atom is -0.477 e. The van der Waals surface area contributed by atoms with E-state index in [9.17, 15) is 53.1 Å². The van der Waals surface area contributed by atoms with Crippen LogP contribution >= 0.6 is 0 Å². The minimum atomic E-state index is -7.35. The molecule has 0 aliphatic carbocycles. The van der Waals surface area contributed by atoms with Crippen LogP contribution in [0, 0.1) is 0 Å². The van der Waals surface area contributed by atoms with Crippen molar-refractivity contribution in [2.45, 2.75) is 23.9 Å². The molecule has 0 aromatic heterocycles. The topological polar surface area (TPSA) is 46.5 Å². The normalized spacial score (nSPS) is 13.9. The summed E-state index contributed by atoms with van der Waals surface area (Å²) in [6.07, 6.45) is -10.7. The zero-order valence-electron chi connectivity index (χ0n) is 8.92. The predicted molar refractivity (Wildman–Crippen MR) is 38.9 cm³/mol. The average molecular weight is 342 g/mol. The van der Waals surface area contributed by atoms with Gasteiger partial charge in [0.25, 0.3) is 0 Å². The molecule has 0 fully saturated rings. The first-order valence-corrected chi connectivity index (χ1v) is 4.16. The highest BCUT2D eigenvalue weighted by molar-refractivity contribution is 5.77.